The Morgan fingerprint density at radius 2 is 2.12 bits per heavy atom. The average Bonchev–Trinajstić information content (AvgIpc) is 3.15. The molecule has 1 aliphatic rings. The van der Waals surface area contributed by atoms with Crippen LogP contribution in [0.15, 0.2) is 48.9 Å². The van der Waals surface area contributed by atoms with Crippen LogP contribution in [0.5, 0.6) is 0 Å². The largest absolute Gasteiger partial charge is 0.288 e. The molecule has 0 spiro atoms. The van der Waals surface area contributed by atoms with Gasteiger partial charge in [0.25, 0.3) is 5.91 Å². The van der Waals surface area contributed by atoms with Crippen molar-refractivity contribution in [1.82, 2.24) is 30.2 Å². The van der Waals surface area contributed by atoms with Crippen molar-refractivity contribution < 1.29 is 4.79 Å². The summed E-state index contributed by atoms with van der Waals surface area (Å²) in [5, 5.41) is 6.70. The third-order valence-corrected chi connectivity index (χ3v) is 4.39. The number of aromatic nitrogens is 4. The molecule has 1 aliphatic heterocycles. The van der Waals surface area contributed by atoms with Crippen LogP contribution in [0, 0.1) is 0 Å². The molecular formula is C18H17ClN6O. The van der Waals surface area contributed by atoms with Gasteiger partial charge in [-0.3, -0.25) is 19.8 Å². The minimum absolute atomic E-state index is 0.150. The van der Waals surface area contributed by atoms with E-state index in [-0.39, 0.29) is 5.91 Å². The first kappa shape index (κ1) is 16.7. The van der Waals surface area contributed by atoms with E-state index in [1.165, 1.54) is 0 Å². The van der Waals surface area contributed by atoms with Crippen molar-refractivity contribution in [2.75, 3.05) is 13.1 Å². The molecule has 0 saturated carbocycles. The third-order valence-electron chi connectivity index (χ3n) is 4.17. The van der Waals surface area contributed by atoms with E-state index in [4.69, 9.17) is 11.6 Å². The second-order valence-electron chi connectivity index (χ2n) is 5.97. The number of halogens is 1. The predicted molar refractivity (Wildman–Crippen MR) is 97.9 cm³/mol. The summed E-state index contributed by atoms with van der Waals surface area (Å²) in [5.41, 5.74) is 5.61. The molecule has 1 fully saturated rings. The summed E-state index contributed by atoms with van der Waals surface area (Å²) >= 11 is 5.95. The molecule has 0 unspecified atom stereocenters. The summed E-state index contributed by atoms with van der Waals surface area (Å²) in [6, 6.07) is 9.02. The SMILES string of the molecule is O=C(c1cc(-c2ccc(Cl)cn2)n(-c2cccnc2)n1)N1CCCCN1. The van der Waals surface area contributed by atoms with E-state index in [2.05, 4.69) is 20.5 Å². The van der Waals surface area contributed by atoms with Gasteiger partial charge >= 0.3 is 0 Å². The van der Waals surface area contributed by atoms with Crippen LogP contribution in [0.1, 0.15) is 23.3 Å². The van der Waals surface area contributed by atoms with Gasteiger partial charge in [0.15, 0.2) is 5.69 Å². The lowest BCUT2D eigenvalue weighted by Crippen LogP contribution is -2.47. The van der Waals surface area contributed by atoms with Gasteiger partial charge in [0.2, 0.25) is 0 Å². The average molecular weight is 369 g/mol. The maximum Gasteiger partial charge on any atom is 0.288 e. The monoisotopic (exact) mass is 368 g/mol. The molecule has 0 aliphatic carbocycles. The topological polar surface area (TPSA) is 75.9 Å². The van der Waals surface area contributed by atoms with Crippen LogP contribution in [0.2, 0.25) is 5.02 Å². The van der Waals surface area contributed by atoms with Crippen LogP contribution in [-0.4, -0.2) is 43.8 Å². The van der Waals surface area contributed by atoms with Crippen LogP contribution in [0.25, 0.3) is 17.1 Å². The van der Waals surface area contributed by atoms with Crippen molar-refractivity contribution in [2.45, 2.75) is 12.8 Å². The predicted octanol–water partition coefficient (Wildman–Crippen LogP) is 2.72. The highest BCUT2D eigenvalue weighted by Gasteiger charge is 2.23. The van der Waals surface area contributed by atoms with Crippen molar-refractivity contribution in [2.24, 2.45) is 0 Å². The standard InChI is InChI=1S/C18H17ClN6O/c19-13-5-6-15(21-11-13)17-10-16(18(26)24-9-2-1-8-22-24)23-25(17)14-4-3-7-20-12-14/h3-7,10-12,22H,1-2,8-9H2. The Balaban J connectivity index is 1.77. The highest BCUT2D eigenvalue weighted by Crippen LogP contribution is 2.24. The lowest BCUT2D eigenvalue weighted by atomic mass is 10.2. The molecule has 8 heteroatoms. The second kappa shape index (κ2) is 7.23. The van der Waals surface area contributed by atoms with Gasteiger partial charge in [0.05, 0.1) is 28.3 Å². The Morgan fingerprint density at radius 3 is 2.81 bits per heavy atom. The van der Waals surface area contributed by atoms with Crippen molar-refractivity contribution in [3.05, 3.63) is 59.6 Å². The summed E-state index contributed by atoms with van der Waals surface area (Å²) in [4.78, 5) is 21.3. The number of carbonyl (C=O) groups is 1. The molecule has 7 nitrogen and oxygen atoms in total. The van der Waals surface area contributed by atoms with E-state index in [0.29, 0.717) is 28.6 Å². The number of pyridine rings is 2. The molecule has 0 bridgehead atoms. The molecule has 0 aromatic carbocycles. The molecule has 1 amide bonds. The molecule has 0 radical (unpaired) electrons. The lowest BCUT2D eigenvalue weighted by Gasteiger charge is -2.26. The zero-order valence-electron chi connectivity index (χ0n) is 14.0. The molecule has 1 N–H and O–H groups in total. The van der Waals surface area contributed by atoms with E-state index in [0.717, 1.165) is 25.1 Å². The van der Waals surface area contributed by atoms with E-state index in [9.17, 15) is 4.79 Å². The van der Waals surface area contributed by atoms with E-state index in [1.54, 1.807) is 46.5 Å². The first-order chi connectivity index (χ1) is 12.7. The number of hydrogen-bond donors (Lipinski definition) is 1. The number of rotatable bonds is 3. The zero-order valence-corrected chi connectivity index (χ0v) is 14.7. The molecule has 1 saturated heterocycles. The number of nitrogens with one attached hydrogen (secondary N) is 1. The van der Waals surface area contributed by atoms with Gasteiger partial charge in [0.1, 0.15) is 0 Å². The van der Waals surface area contributed by atoms with Crippen LogP contribution >= 0.6 is 11.6 Å². The molecule has 3 aromatic heterocycles. The number of amides is 1. The fourth-order valence-corrected chi connectivity index (χ4v) is 2.98. The fraction of sp³-hybridized carbons (Fsp3) is 0.222. The fourth-order valence-electron chi connectivity index (χ4n) is 2.87. The molecular weight excluding hydrogens is 352 g/mol. The summed E-state index contributed by atoms with van der Waals surface area (Å²) < 4.78 is 1.68. The lowest BCUT2D eigenvalue weighted by molar-refractivity contribution is 0.0604. The molecule has 3 aromatic rings. The van der Waals surface area contributed by atoms with Gasteiger partial charge in [-0.15, -0.1) is 0 Å². The van der Waals surface area contributed by atoms with Crippen LogP contribution in [-0.2, 0) is 0 Å². The smallest absolute Gasteiger partial charge is 0.273 e. The summed E-state index contributed by atoms with van der Waals surface area (Å²) in [5.74, 6) is -0.150. The number of carbonyl (C=O) groups excluding carboxylic acids is 1. The molecule has 132 valence electrons. The molecule has 4 heterocycles. The molecule has 4 rings (SSSR count). The first-order valence-electron chi connectivity index (χ1n) is 8.40. The van der Waals surface area contributed by atoms with Gasteiger partial charge in [-0.2, -0.15) is 5.10 Å². The van der Waals surface area contributed by atoms with Gasteiger partial charge in [-0.25, -0.2) is 10.1 Å². The van der Waals surface area contributed by atoms with Crippen molar-refractivity contribution in [3.63, 3.8) is 0 Å². The van der Waals surface area contributed by atoms with Gasteiger partial charge in [-0.1, -0.05) is 11.6 Å². The van der Waals surface area contributed by atoms with Crippen molar-refractivity contribution >= 4 is 17.5 Å². The zero-order chi connectivity index (χ0) is 17.9. The number of nitrogens with zero attached hydrogens (tertiary/aromatic N) is 5. The summed E-state index contributed by atoms with van der Waals surface area (Å²) in [7, 11) is 0. The van der Waals surface area contributed by atoms with Crippen LogP contribution < -0.4 is 5.43 Å². The van der Waals surface area contributed by atoms with Crippen LogP contribution in [0.3, 0.4) is 0 Å². The Bertz CT molecular complexity index is 903. The first-order valence-corrected chi connectivity index (χ1v) is 8.78. The summed E-state index contributed by atoms with van der Waals surface area (Å²) in [6.07, 6.45) is 7.00. The maximum atomic E-state index is 12.8. The molecule has 26 heavy (non-hydrogen) atoms. The third kappa shape index (κ3) is 3.31. The maximum absolute atomic E-state index is 12.8. The summed E-state index contributed by atoms with van der Waals surface area (Å²) in [6.45, 7) is 1.47. The Morgan fingerprint density at radius 1 is 1.19 bits per heavy atom. The highest BCUT2D eigenvalue weighted by molar-refractivity contribution is 6.30. The second-order valence-corrected chi connectivity index (χ2v) is 6.41. The van der Waals surface area contributed by atoms with Crippen molar-refractivity contribution in [1.29, 1.82) is 0 Å². The van der Waals surface area contributed by atoms with E-state index >= 15 is 0 Å². The quantitative estimate of drug-likeness (QED) is 0.769. The van der Waals surface area contributed by atoms with E-state index < -0.39 is 0 Å². The van der Waals surface area contributed by atoms with Gasteiger partial charge < -0.3 is 0 Å². The number of hydrogen-bond acceptors (Lipinski definition) is 5. The minimum atomic E-state index is -0.150. The minimum Gasteiger partial charge on any atom is -0.273 e. The van der Waals surface area contributed by atoms with Crippen LogP contribution in [0.4, 0.5) is 0 Å². The normalized spacial score (nSPS) is 14.4. The molecule has 0 atom stereocenters. The van der Waals surface area contributed by atoms with Crippen molar-refractivity contribution in [3.8, 4) is 17.1 Å². The number of hydrazine groups is 1. The van der Waals surface area contributed by atoms with Gasteiger partial charge in [-0.05, 0) is 43.2 Å². The Labute approximate surface area is 155 Å². The highest BCUT2D eigenvalue weighted by atomic mass is 35.5. The Hall–Kier alpha value is -2.77. The Kier molecular flexibility index (Phi) is 4.64. The van der Waals surface area contributed by atoms with Gasteiger partial charge in [0, 0.05) is 25.5 Å². The van der Waals surface area contributed by atoms with E-state index in [1.807, 2.05) is 12.1 Å².